The van der Waals surface area contributed by atoms with Crippen LogP contribution >= 0.6 is 0 Å². The molecule has 31 heavy (non-hydrogen) atoms. The van der Waals surface area contributed by atoms with Crippen LogP contribution in [0, 0.1) is 11.8 Å². The highest BCUT2D eigenvalue weighted by Crippen LogP contribution is 2.27. The summed E-state index contributed by atoms with van der Waals surface area (Å²) >= 11 is 0. The number of hydrogen-bond donors (Lipinski definition) is 2. The summed E-state index contributed by atoms with van der Waals surface area (Å²) in [6.45, 7) is 10.2. The number of ether oxygens (including phenoxy) is 1. The lowest BCUT2D eigenvalue weighted by Crippen LogP contribution is -2.41. The first kappa shape index (κ1) is 26.3. The Morgan fingerprint density at radius 1 is 1.26 bits per heavy atom. The van der Waals surface area contributed by atoms with E-state index in [4.69, 9.17) is 4.74 Å². The van der Waals surface area contributed by atoms with Crippen molar-refractivity contribution in [3.05, 3.63) is 66.8 Å². The van der Waals surface area contributed by atoms with Crippen LogP contribution in [0.15, 0.2) is 61.2 Å². The lowest BCUT2D eigenvalue weighted by Gasteiger charge is -2.28. The van der Waals surface area contributed by atoms with Gasteiger partial charge in [0.1, 0.15) is 0 Å². The molecule has 0 aromatic heterocycles. The summed E-state index contributed by atoms with van der Waals surface area (Å²) in [5.41, 5.74) is 1.18. The number of allylic oxidation sites excluding steroid dienone is 1. The number of amides is 1. The smallest absolute Gasteiger partial charge is 0.330 e. The largest absolute Gasteiger partial charge is 0.463 e. The lowest BCUT2D eigenvalue weighted by atomic mass is 9.90. The predicted octanol–water partition coefficient (Wildman–Crippen LogP) is 3.41. The first-order valence-electron chi connectivity index (χ1n) is 9.98. The van der Waals surface area contributed by atoms with Crippen LogP contribution in [0.5, 0.6) is 0 Å². The zero-order valence-electron chi connectivity index (χ0n) is 18.0. The van der Waals surface area contributed by atoms with Gasteiger partial charge in [-0.3, -0.25) is 9.35 Å². The summed E-state index contributed by atoms with van der Waals surface area (Å²) in [4.78, 5) is 23.0. The van der Waals surface area contributed by atoms with Crippen molar-refractivity contribution in [2.45, 2.75) is 31.9 Å². The molecule has 0 bridgehead atoms. The van der Waals surface area contributed by atoms with Crippen molar-refractivity contribution in [3.63, 3.8) is 0 Å². The Hall–Kier alpha value is -2.71. The van der Waals surface area contributed by atoms with Gasteiger partial charge < -0.3 is 10.1 Å². The molecule has 0 aliphatic rings. The van der Waals surface area contributed by atoms with Crippen molar-refractivity contribution in [1.82, 2.24) is 5.32 Å². The molecule has 1 amide bonds. The standard InChI is InChI=1S/C23H31NO6S/c1-5-21(25)30-15-9-12-20(14-13-19-10-7-6-8-11-19)22(31(27,28)29)18(4)16-24-23(26)17(2)3/h5-8,10-11,13-14,18,20,22H,1-2,9,12,15-16H2,3-4H3,(H,24,26)(H,27,28,29). The van der Waals surface area contributed by atoms with E-state index in [0.717, 1.165) is 11.6 Å². The van der Waals surface area contributed by atoms with Gasteiger partial charge in [-0.25, -0.2) is 4.79 Å². The molecule has 0 saturated carbocycles. The van der Waals surface area contributed by atoms with Gasteiger partial charge in [0, 0.05) is 18.2 Å². The summed E-state index contributed by atoms with van der Waals surface area (Å²) in [5.74, 6) is -2.10. The Bertz CT molecular complexity index is 892. The zero-order valence-corrected chi connectivity index (χ0v) is 18.8. The van der Waals surface area contributed by atoms with Crippen LogP contribution in [0.4, 0.5) is 0 Å². The molecule has 0 spiro atoms. The van der Waals surface area contributed by atoms with Crippen LogP contribution in [-0.4, -0.2) is 43.2 Å². The van der Waals surface area contributed by atoms with Gasteiger partial charge in [0.05, 0.1) is 11.9 Å². The summed E-state index contributed by atoms with van der Waals surface area (Å²) in [6, 6.07) is 9.34. The number of esters is 1. The SMILES string of the molecule is C=CC(=O)OCCCC(C=Cc1ccccc1)C(C(C)CNC(=O)C(=C)C)S(=O)(=O)O. The molecule has 1 aromatic rings. The minimum Gasteiger partial charge on any atom is -0.463 e. The molecular formula is C23H31NO6S. The van der Waals surface area contributed by atoms with Gasteiger partial charge in [-0.1, -0.05) is 62.6 Å². The molecule has 7 nitrogen and oxygen atoms in total. The van der Waals surface area contributed by atoms with Crippen LogP contribution in [0.3, 0.4) is 0 Å². The molecule has 2 N–H and O–H groups in total. The fourth-order valence-electron chi connectivity index (χ4n) is 3.18. The van der Waals surface area contributed by atoms with Crippen LogP contribution in [0.1, 0.15) is 32.3 Å². The molecule has 3 atom stereocenters. The van der Waals surface area contributed by atoms with Crippen molar-refractivity contribution in [3.8, 4) is 0 Å². The summed E-state index contributed by atoms with van der Waals surface area (Å²) in [6.07, 6.45) is 5.31. The van der Waals surface area contributed by atoms with Gasteiger partial charge in [0.15, 0.2) is 0 Å². The molecule has 0 aliphatic carbocycles. The Morgan fingerprint density at radius 3 is 2.45 bits per heavy atom. The first-order chi connectivity index (χ1) is 14.6. The van der Waals surface area contributed by atoms with Crippen molar-refractivity contribution >= 4 is 28.1 Å². The Kier molecular flexibility index (Phi) is 10.9. The molecular weight excluding hydrogens is 418 g/mol. The van der Waals surface area contributed by atoms with Gasteiger partial charge in [0.2, 0.25) is 5.91 Å². The minimum atomic E-state index is -4.44. The summed E-state index contributed by atoms with van der Waals surface area (Å²) < 4.78 is 39.5. The van der Waals surface area contributed by atoms with Gasteiger partial charge in [-0.05, 0) is 37.2 Å². The molecule has 0 saturated heterocycles. The van der Waals surface area contributed by atoms with E-state index in [9.17, 15) is 22.6 Å². The highest BCUT2D eigenvalue weighted by atomic mass is 32.2. The van der Waals surface area contributed by atoms with Crippen LogP contribution in [0.25, 0.3) is 6.08 Å². The maximum absolute atomic E-state index is 12.3. The number of carbonyl (C=O) groups excluding carboxylic acids is 2. The van der Waals surface area contributed by atoms with Crippen LogP contribution in [0.2, 0.25) is 0 Å². The third-order valence-corrected chi connectivity index (χ3v) is 6.23. The predicted molar refractivity (Wildman–Crippen MR) is 122 cm³/mol. The van der Waals surface area contributed by atoms with Crippen molar-refractivity contribution < 1.29 is 27.3 Å². The van der Waals surface area contributed by atoms with E-state index in [-0.39, 0.29) is 19.1 Å². The Morgan fingerprint density at radius 2 is 1.90 bits per heavy atom. The molecule has 8 heteroatoms. The quantitative estimate of drug-likeness (QED) is 0.207. The molecule has 0 fully saturated rings. The second kappa shape index (κ2) is 12.9. The third kappa shape index (κ3) is 9.76. The van der Waals surface area contributed by atoms with Crippen molar-refractivity contribution in [2.24, 2.45) is 11.8 Å². The topological polar surface area (TPSA) is 110 Å². The second-order valence-corrected chi connectivity index (χ2v) is 8.97. The third-order valence-electron chi connectivity index (χ3n) is 4.73. The maximum atomic E-state index is 12.3. The second-order valence-electron chi connectivity index (χ2n) is 7.39. The van der Waals surface area contributed by atoms with Crippen LogP contribution in [-0.2, 0) is 24.4 Å². The van der Waals surface area contributed by atoms with E-state index in [1.165, 1.54) is 0 Å². The summed E-state index contributed by atoms with van der Waals surface area (Å²) in [7, 11) is -4.44. The number of carbonyl (C=O) groups is 2. The van der Waals surface area contributed by atoms with E-state index in [1.807, 2.05) is 30.3 Å². The van der Waals surface area contributed by atoms with Crippen LogP contribution < -0.4 is 5.32 Å². The summed E-state index contributed by atoms with van der Waals surface area (Å²) in [5, 5.41) is 1.48. The average Bonchev–Trinajstić information content (AvgIpc) is 2.72. The average molecular weight is 450 g/mol. The molecule has 1 aromatic carbocycles. The molecule has 3 unspecified atom stereocenters. The zero-order chi connectivity index (χ0) is 23.4. The van der Waals surface area contributed by atoms with Crippen molar-refractivity contribution in [2.75, 3.05) is 13.2 Å². The Balaban J connectivity index is 3.06. The normalized spacial score (nSPS) is 14.4. The van der Waals surface area contributed by atoms with Gasteiger partial charge >= 0.3 is 5.97 Å². The van der Waals surface area contributed by atoms with Gasteiger partial charge in [-0.2, -0.15) is 8.42 Å². The molecule has 170 valence electrons. The molecule has 0 aliphatic heterocycles. The number of hydrogen-bond acceptors (Lipinski definition) is 5. The maximum Gasteiger partial charge on any atom is 0.330 e. The highest BCUT2D eigenvalue weighted by Gasteiger charge is 2.35. The van der Waals surface area contributed by atoms with Crippen molar-refractivity contribution in [1.29, 1.82) is 0 Å². The highest BCUT2D eigenvalue weighted by molar-refractivity contribution is 7.86. The van der Waals surface area contributed by atoms with E-state index in [1.54, 1.807) is 26.0 Å². The van der Waals surface area contributed by atoms with Gasteiger partial charge in [-0.15, -0.1) is 0 Å². The Labute approximate surface area is 184 Å². The first-order valence-corrected chi connectivity index (χ1v) is 11.5. The van der Waals surface area contributed by atoms with E-state index < -0.39 is 33.2 Å². The fourth-order valence-corrected chi connectivity index (χ4v) is 4.53. The van der Waals surface area contributed by atoms with Gasteiger partial charge in [0.25, 0.3) is 10.1 Å². The number of nitrogens with one attached hydrogen (secondary N) is 1. The monoisotopic (exact) mass is 449 g/mol. The number of benzene rings is 1. The van der Waals surface area contributed by atoms with E-state index in [2.05, 4.69) is 18.5 Å². The molecule has 1 rings (SSSR count). The van der Waals surface area contributed by atoms with E-state index >= 15 is 0 Å². The van der Waals surface area contributed by atoms with E-state index in [0.29, 0.717) is 18.4 Å². The lowest BCUT2D eigenvalue weighted by molar-refractivity contribution is -0.137. The fraction of sp³-hybridized carbons (Fsp3) is 0.391. The minimum absolute atomic E-state index is 0.0529. The molecule has 0 radical (unpaired) electrons. The molecule has 0 heterocycles. The number of rotatable bonds is 13.